The van der Waals surface area contributed by atoms with Gasteiger partial charge in [-0.1, -0.05) is 72.7 Å². The van der Waals surface area contributed by atoms with Crippen molar-refractivity contribution in [1.82, 2.24) is 0 Å². The number of benzene rings is 1. The summed E-state index contributed by atoms with van der Waals surface area (Å²) in [6.45, 7) is 15.7. The Bertz CT molecular complexity index is 623. The highest BCUT2D eigenvalue weighted by molar-refractivity contribution is 5.80. The third kappa shape index (κ3) is 10.5. The van der Waals surface area contributed by atoms with E-state index in [-0.39, 0.29) is 23.8 Å². The first-order valence-corrected chi connectivity index (χ1v) is 10.9. The van der Waals surface area contributed by atoms with Gasteiger partial charge in [-0.2, -0.15) is 0 Å². The standard InChI is InChI=1S/C25H40O4/c1-18(2)12-14-28-23(26)17-21(24(27)29-15-13-19(3)4)16-20-8-10-22(11-9-20)25(5,6)7/h8-11,18-19,21H,12-17H2,1-7H3. The highest BCUT2D eigenvalue weighted by atomic mass is 16.5. The van der Waals surface area contributed by atoms with Gasteiger partial charge >= 0.3 is 11.9 Å². The minimum atomic E-state index is -0.519. The van der Waals surface area contributed by atoms with Crippen LogP contribution >= 0.6 is 0 Å². The summed E-state index contributed by atoms with van der Waals surface area (Å²) >= 11 is 0. The molecule has 1 unspecified atom stereocenters. The number of rotatable bonds is 11. The number of hydrogen-bond donors (Lipinski definition) is 0. The van der Waals surface area contributed by atoms with E-state index in [0.717, 1.165) is 18.4 Å². The molecule has 0 aromatic heterocycles. The van der Waals surface area contributed by atoms with Crippen molar-refractivity contribution in [3.63, 3.8) is 0 Å². The van der Waals surface area contributed by atoms with E-state index < -0.39 is 5.92 Å². The number of carbonyl (C=O) groups excluding carboxylic acids is 2. The van der Waals surface area contributed by atoms with Crippen LogP contribution in [0.5, 0.6) is 0 Å². The summed E-state index contributed by atoms with van der Waals surface area (Å²) in [5.74, 6) is -0.226. The third-order valence-corrected chi connectivity index (χ3v) is 4.95. The average Bonchev–Trinajstić information content (AvgIpc) is 2.60. The first-order valence-electron chi connectivity index (χ1n) is 10.9. The lowest BCUT2D eigenvalue weighted by molar-refractivity contribution is -0.155. The van der Waals surface area contributed by atoms with Gasteiger partial charge in [0.2, 0.25) is 0 Å². The molecule has 1 aromatic carbocycles. The van der Waals surface area contributed by atoms with Crippen molar-refractivity contribution in [3.8, 4) is 0 Å². The molecule has 29 heavy (non-hydrogen) atoms. The molecule has 0 heterocycles. The van der Waals surface area contributed by atoms with Crippen molar-refractivity contribution in [2.24, 2.45) is 17.8 Å². The molecule has 0 radical (unpaired) electrons. The molecule has 0 aliphatic heterocycles. The monoisotopic (exact) mass is 404 g/mol. The lowest BCUT2D eigenvalue weighted by Gasteiger charge is -2.20. The topological polar surface area (TPSA) is 52.6 Å². The molecule has 1 aromatic rings. The normalized spacial score (nSPS) is 12.9. The van der Waals surface area contributed by atoms with Crippen molar-refractivity contribution in [2.75, 3.05) is 13.2 Å². The molecule has 0 spiro atoms. The van der Waals surface area contributed by atoms with Crippen LogP contribution in [0.1, 0.15) is 78.9 Å². The Morgan fingerprint density at radius 2 is 1.38 bits per heavy atom. The summed E-state index contributed by atoms with van der Waals surface area (Å²) in [5.41, 5.74) is 2.35. The summed E-state index contributed by atoms with van der Waals surface area (Å²) in [7, 11) is 0. The van der Waals surface area contributed by atoms with Crippen molar-refractivity contribution in [2.45, 2.75) is 79.6 Å². The van der Waals surface area contributed by atoms with E-state index in [1.54, 1.807) is 0 Å². The van der Waals surface area contributed by atoms with E-state index >= 15 is 0 Å². The van der Waals surface area contributed by atoms with Crippen molar-refractivity contribution < 1.29 is 19.1 Å². The molecular formula is C25H40O4. The van der Waals surface area contributed by atoms with Gasteiger partial charge < -0.3 is 9.47 Å². The summed E-state index contributed by atoms with van der Waals surface area (Å²) in [5, 5.41) is 0. The quantitative estimate of drug-likeness (QED) is 0.443. The van der Waals surface area contributed by atoms with E-state index in [9.17, 15) is 9.59 Å². The van der Waals surface area contributed by atoms with E-state index in [0.29, 0.717) is 31.5 Å². The molecular weight excluding hydrogens is 364 g/mol. The van der Waals surface area contributed by atoms with Gasteiger partial charge in [0.05, 0.1) is 25.6 Å². The molecule has 0 N–H and O–H groups in total. The molecule has 0 saturated carbocycles. The van der Waals surface area contributed by atoms with E-state index in [2.05, 4.69) is 60.6 Å². The number of esters is 2. The fourth-order valence-corrected chi connectivity index (χ4v) is 2.85. The van der Waals surface area contributed by atoms with Gasteiger partial charge in [-0.25, -0.2) is 0 Å². The first kappa shape index (κ1) is 25.2. The average molecular weight is 405 g/mol. The van der Waals surface area contributed by atoms with Gasteiger partial charge in [-0.15, -0.1) is 0 Å². The maximum atomic E-state index is 12.6. The third-order valence-electron chi connectivity index (χ3n) is 4.95. The van der Waals surface area contributed by atoms with Crippen LogP contribution in [0.4, 0.5) is 0 Å². The van der Waals surface area contributed by atoms with Crippen LogP contribution in [0.25, 0.3) is 0 Å². The van der Waals surface area contributed by atoms with Crippen LogP contribution in [0.2, 0.25) is 0 Å². The number of carbonyl (C=O) groups is 2. The van der Waals surface area contributed by atoms with Crippen LogP contribution in [0.3, 0.4) is 0 Å². The molecule has 4 nitrogen and oxygen atoms in total. The molecule has 0 aliphatic carbocycles. The molecule has 0 bridgehead atoms. The molecule has 0 saturated heterocycles. The van der Waals surface area contributed by atoms with Crippen molar-refractivity contribution in [3.05, 3.63) is 35.4 Å². The molecule has 4 heteroatoms. The van der Waals surface area contributed by atoms with Crippen molar-refractivity contribution >= 4 is 11.9 Å². The molecule has 164 valence electrons. The largest absolute Gasteiger partial charge is 0.466 e. The smallest absolute Gasteiger partial charge is 0.309 e. The van der Waals surface area contributed by atoms with Crippen LogP contribution in [-0.4, -0.2) is 25.2 Å². The molecule has 1 atom stereocenters. The zero-order valence-corrected chi connectivity index (χ0v) is 19.4. The van der Waals surface area contributed by atoms with Gasteiger partial charge in [0.1, 0.15) is 0 Å². The summed E-state index contributed by atoms with van der Waals surface area (Å²) in [6.07, 6.45) is 2.17. The van der Waals surface area contributed by atoms with Crippen LogP contribution in [0.15, 0.2) is 24.3 Å². The van der Waals surface area contributed by atoms with Crippen molar-refractivity contribution in [1.29, 1.82) is 0 Å². The van der Waals surface area contributed by atoms with Gasteiger partial charge in [0.15, 0.2) is 0 Å². The van der Waals surface area contributed by atoms with Gasteiger partial charge in [-0.05, 0) is 47.6 Å². The van der Waals surface area contributed by atoms with Crippen LogP contribution < -0.4 is 0 Å². The maximum Gasteiger partial charge on any atom is 0.309 e. The van der Waals surface area contributed by atoms with E-state index in [4.69, 9.17) is 9.47 Å². The molecule has 0 amide bonds. The molecule has 0 aliphatic rings. The first-order chi connectivity index (χ1) is 13.5. The SMILES string of the molecule is CC(C)CCOC(=O)CC(Cc1ccc(C(C)(C)C)cc1)C(=O)OCCC(C)C. The maximum absolute atomic E-state index is 12.6. The highest BCUT2D eigenvalue weighted by Crippen LogP contribution is 2.24. The summed E-state index contributed by atoms with van der Waals surface area (Å²) in [6, 6.07) is 8.27. The second kappa shape index (κ2) is 12.0. The molecule has 0 fully saturated rings. The van der Waals surface area contributed by atoms with E-state index in [1.807, 2.05) is 12.1 Å². The summed E-state index contributed by atoms with van der Waals surface area (Å²) < 4.78 is 10.8. The Morgan fingerprint density at radius 1 is 0.862 bits per heavy atom. The molecule has 1 rings (SSSR count). The van der Waals surface area contributed by atoms with Crippen LogP contribution in [-0.2, 0) is 30.9 Å². The predicted octanol–water partition coefficient (Wildman–Crippen LogP) is 5.71. The van der Waals surface area contributed by atoms with Gasteiger partial charge in [0.25, 0.3) is 0 Å². The van der Waals surface area contributed by atoms with Gasteiger partial charge in [0, 0.05) is 0 Å². The van der Waals surface area contributed by atoms with Gasteiger partial charge in [-0.3, -0.25) is 9.59 Å². The highest BCUT2D eigenvalue weighted by Gasteiger charge is 2.25. The zero-order valence-electron chi connectivity index (χ0n) is 19.4. The number of ether oxygens (including phenoxy) is 2. The predicted molar refractivity (Wildman–Crippen MR) is 118 cm³/mol. The summed E-state index contributed by atoms with van der Waals surface area (Å²) in [4.78, 5) is 24.9. The Labute approximate surface area is 177 Å². The Morgan fingerprint density at radius 3 is 1.86 bits per heavy atom. The Kier molecular flexibility index (Phi) is 10.4. The van der Waals surface area contributed by atoms with E-state index in [1.165, 1.54) is 5.56 Å². The minimum Gasteiger partial charge on any atom is -0.466 e. The minimum absolute atomic E-state index is 0.0552. The lowest BCUT2D eigenvalue weighted by Crippen LogP contribution is -2.25. The number of hydrogen-bond acceptors (Lipinski definition) is 4. The van der Waals surface area contributed by atoms with Crippen LogP contribution in [0, 0.1) is 17.8 Å². The second-order valence-corrected chi connectivity index (χ2v) is 9.81. The Hall–Kier alpha value is -1.84. The Balaban J connectivity index is 2.78. The zero-order chi connectivity index (χ0) is 22.0. The fourth-order valence-electron chi connectivity index (χ4n) is 2.85. The lowest BCUT2D eigenvalue weighted by atomic mass is 9.86. The second-order valence-electron chi connectivity index (χ2n) is 9.81. The fraction of sp³-hybridized carbons (Fsp3) is 0.680.